The van der Waals surface area contributed by atoms with Gasteiger partial charge >= 0.3 is 10.4 Å². The first kappa shape index (κ1) is 43.9. The van der Waals surface area contributed by atoms with E-state index in [4.69, 9.17) is 37.0 Å². The molecule has 2 aliphatic carbocycles. The van der Waals surface area contributed by atoms with Crippen LogP contribution in [-0.4, -0.2) is 63.2 Å². The van der Waals surface area contributed by atoms with E-state index in [2.05, 4.69) is 85.0 Å². The van der Waals surface area contributed by atoms with E-state index < -0.39 is 15.8 Å². The van der Waals surface area contributed by atoms with Gasteiger partial charge in [-0.3, -0.25) is 33.8 Å². The second-order valence-corrected chi connectivity index (χ2v) is 14.3. The van der Waals surface area contributed by atoms with Crippen LogP contribution in [0.3, 0.4) is 0 Å². The Hall–Kier alpha value is -6.25. The first-order valence-electron chi connectivity index (χ1n) is 18.5. The van der Waals surface area contributed by atoms with E-state index in [0.29, 0.717) is 22.5 Å². The molecule has 0 saturated carbocycles. The Morgan fingerprint density at radius 3 is 1.34 bits per heavy atom. The number of ketones is 1. The van der Waals surface area contributed by atoms with Gasteiger partial charge in [0.15, 0.2) is 5.78 Å². The highest BCUT2D eigenvalue weighted by molar-refractivity contribution is 7.80. The first-order chi connectivity index (χ1) is 28.5. The normalized spacial score (nSPS) is 12.1. The van der Waals surface area contributed by atoms with Crippen molar-refractivity contribution in [3.05, 3.63) is 191 Å². The van der Waals surface area contributed by atoms with Gasteiger partial charge in [-0.25, -0.2) is 0 Å². The van der Waals surface area contributed by atoms with Gasteiger partial charge in [-0.15, -0.1) is 0 Å². The Balaban J connectivity index is 0.000000176. The quantitative estimate of drug-likeness (QED) is 0.112. The zero-order valence-corrected chi connectivity index (χ0v) is 34.6. The summed E-state index contributed by atoms with van der Waals surface area (Å²) in [6.45, 7) is 4.22. The number of ether oxygens (including phenoxy) is 2. The number of aryl methyl sites for hydroxylation is 1. The number of thiol groups is 1. The summed E-state index contributed by atoms with van der Waals surface area (Å²) in [7, 11) is -1.31. The van der Waals surface area contributed by atoms with Gasteiger partial charge in [0.25, 0.3) is 0 Å². The number of para-hydroxylation sites is 1. The highest BCUT2D eigenvalue weighted by Crippen LogP contribution is 2.54. The van der Waals surface area contributed by atoms with Crippen molar-refractivity contribution in [2.45, 2.75) is 25.7 Å². The third kappa shape index (κ3) is 10.4. The first-order valence-corrected chi connectivity index (χ1v) is 20.5. The molecule has 0 spiro atoms. The Kier molecular flexibility index (Phi) is 15.2. The molecule has 3 aromatic carbocycles. The predicted octanol–water partition coefficient (Wildman–Crippen LogP) is 9.21. The largest absolute Gasteiger partial charge is 0.497 e. The number of nitrogens with zero attached hydrogens (tertiary/aromatic N) is 4. The lowest BCUT2D eigenvalue weighted by Gasteiger charge is -2.33. The number of benzene rings is 3. The maximum absolute atomic E-state index is 11.8. The van der Waals surface area contributed by atoms with Gasteiger partial charge in [0.1, 0.15) is 22.9 Å². The number of aromatic nitrogens is 4. The maximum Gasteiger partial charge on any atom is 0.394 e. The molecule has 0 aliphatic heterocycles. The van der Waals surface area contributed by atoms with Crippen LogP contribution in [0.2, 0.25) is 0 Å². The van der Waals surface area contributed by atoms with Crippen LogP contribution >= 0.6 is 12.6 Å². The van der Waals surface area contributed by atoms with E-state index in [-0.39, 0.29) is 5.78 Å². The fourth-order valence-corrected chi connectivity index (χ4v) is 6.63. The molecule has 2 aliphatic rings. The average Bonchev–Trinajstić information content (AvgIpc) is 3.74. The number of methoxy groups -OCH3 is 2. The molecule has 4 aromatic heterocycles. The molecule has 7 aromatic rings. The molecule has 0 saturated heterocycles. The number of carbonyl (C=O) groups excluding carboxylic acids is 1. The van der Waals surface area contributed by atoms with E-state index in [1.807, 2.05) is 67.0 Å². The van der Waals surface area contributed by atoms with Crippen LogP contribution in [0.1, 0.15) is 57.1 Å². The van der Waals surface area contributed by atoms with Gasteiger partial charge in [-0.2, -0.15) is 21.0 Å². The summed E-state index contributed by atoms with van der Waals surface area (Å²) in [6, 6.07) is 42.3. The lowest BCUT2D eigenvalue weighted by Crippen LogP contribution is -2.28. The van der Waals surface area contributed by atoms with Crippen molar-refractivity contribution in [1.29, 1.82) is 0 Å². The molecule has 0 fully saturated rings. The van der Waals surface area contributed by atoms with Crippen molar-refractivity contribution in [3.63, 3.8) is 0 Å². The zero-order valence-electron chi connectivity index (χ0n) is 32.9. The molecule has 0 bridgehead atoms. The second-order valence-electron chi connectivity index (χ2n) is 13.0. The smallest absolute Gasteiger partial charge is 0.394 e. The van der Waals surface area contributed by atoms with Crippen LogP contribution in [-0.2, 0) is 15.8 Å². The third-order valence-corrected chi connectivity index (χ3v) is 9.63. The molecule has 11 nitrogen and oxygen atoms in total. The summed E-state index contributed by atoms with van der Waals surface area (Å²) < 4.78 is 41.9. The minimum absolute atomic E-state index is 0.0243. The maximum atomic E-state index is 11.8. The van der Waals surface area contributed by atoms with E-state index in [1.54, 1.807) is 50.9 Å². The predicted molar refractivity (Wildman–Crippen MR) is 233 cm³/mol. The Morgan fingerprint density at radius 2 is 0.949 bits per heavy atom. The molecule has 4 heterocycles. The summed E-state index contributed by atoms with van der Waals surface area (Å²) in [5.74, 6) is 2.79. The molecule has 0 radical (unpaired) electrons. The minimum atomic E-state index is -4.67. The second kappa shape index (κ2) is 20.4. The monoisotopic (exact) mass is 828 g/mol. The molecule has 0 unspecified atom stereocenters. The van der Waals surface area contributed by atoms with Crippen molar-refractivity contribution in [1.82, 2.24) is 19.9 Å². The number of fused-ring (bicyclic) bond motifs is 6. The fraction of sp³-hybridized carbons (Fsp3) is 0.152. The van der Waals surface area contributed by atoms with Gasteiger partial charge < -0.3 is 9.47 Å². The lowest BCUT2D eigenvalue weighted by molar-refractivity contribution is 0.104. The van der Waals surface area contributed by atoms with E-state index in [0.717, 1.165) is 39.8 Å². The number of pyridine rings is 4. The molecule has 0 atom stereocenters. The fourth-order valence-electron chi connectivity index (χ4n) is 6.63. The number of carbonyl (C=O) groups is 1. The Labute approximate surface area is 350 Å². The van der Waals surface area contributed by atoms with Crippen LogP contribution in [0.15, 0.2) is 152 Å². The number of rotatable bonds is 5. The van der Waals surface area contributed by atoms with Gasteiger partial charge in [0.2, 0.25) is 0 Å². The summed E-state index contributed by atoms with van der Waals surface area (Å²) in [4.78, 5) is 29.6. The van der Waals surface area contributed by atoms with Crippen molar-refractivity contribution < 1.29 is 31.8 Å². The van der Waals surface area contributed by atoms with Crippen LogP contribution in [0.25, 0.3) is 22.8 Å². The molecule has 2 N–H and O–H groups in total. The standard InChI is InChI=1S/C25H20N2O.C11H6N2O.C7H8O.C3H8S.H2O4S/c1-17-7-9-18(10-8-17)25(19-11-13-20(28-2)14-12-19)21-5-3-15-26-23(21)24-22(25)6-4-16-27-24;14-11-7-3-1-5-12-9(7)10-8(11)4-2-6-13-10;1-8-7-5-3-2-4-6-7;1-2-3-4;1-5(2,3)4/h3-16H,1-2H3;1-6H;2-6H,1H3;4H,2-3H2,1H3;(H2,1,2,3,4). The van der Waals surface area contributed by atoms with E-state index >= 15 is 0 Å². The van der Waals surface area contributed by atoms with Gasteiger partial charge in [0.05, 0.1) is 42.1 Å². The van der Waals surface area contributed by atoms with Crippen molar-refractivity contribution in [3.8, 4) is 34.3 Å². The molecule has 302 valence electrons. The average molecular weight is 829 g/mol. The van der Waals surface area contributed by atoms with Crippen LogP contribution < -0.4 is 9.47 Å². The highest BCUT2D eigenvalue weighted by atomic mass is 32.3. The molecule has 0 amide bonds. The molecular weight excluding hydrogens is 785 g/mol. The SMILES string of the molecule is CCCS.COc1ccc(C2(c3ccc(C)cc3)c3cccnc3-c3ncccc32)cc1.COc1ccccc1.O=C1c2cccnc2-c2ncccc21.O=S(=O)(O)O. The zero-order chi connectivity index (χ0) is 42.4. The number of hydrogen-bond donors (Lipinski definition) is 3. The molecule has 13 heteroatoms. The lowest BCUT2D eigenvalue weighted by atomic mass is 9.68. The minimum Gasteiger partial charge on any atom is -0.497 e. The third-order valence-electron chi connectivity index (χ3n) is 9.19. The summed E-state index contributed by atoms with van der Waals surface area (Å²) in [5.41, 5.74) is 10.1. The van der Waals surface area contributed by atoms with Crippen molar-refractivity contribution >= 4 is 28.8 Å². The van der Waals surface area contributed by atoms with E-state index in [1.165, 1.54) is 23.1 Å². The van der Waals surface area contributed by atoms with Crippen LogP contribution in [0, 0.1) is 6.92 Å². The number of hydrogen-bond acceptors (Lipinski definition) is 10. The topological polar surface area (TPSA) is 162 Å². The molecule has 59 heavy (non-hydrogen) atoms. The summed E-state index contributed by atoms with van der Waals surface area (Å²) >= 11 is 3.92. The van der Waals surface area contributed by atoms with Crippen molar-refractivity contribution in [2.75, 3.05) is 20.0 Å². The summed E-state index contributed by atoms with van der Waals surface area (Å²) in [5, 5.41) is 0. The Bertz CT molecular complexity index is 2470. The summed E-state index contributed by atoms with van der Waals surface area (Å²) in [6.07, 6.45) is 8.22. The van der Waals surface area contributed by atoms with Crippen molar-refractivity contribution in [2.24, 2.45) is 0 Å². The van der Waals surface area contributed by atoms with Crippen LogP contribution in [0.5, 0.6) is 11.5 Å². The van der Waals surface area contributed by atoms with Gasteiger partial charge in [-0.1, -0.05) is 79.2 Å². The Morgan fingerprint density at radius 1 is 0.576 bits per heavy atom. The molecular formula is C46H44N4O7S2. The highest BCUT2D eigenvalue weighted by Gasteiger charge is 2.47. The van der Waals surface area contributed by atoms with Gasteiger partial charge in [0, 0.05) is 24.8 Å². The van der Waals surface area contributed by atoms with E-state index in [9.17, 15) is 4.79 Å². The van der Waals surface area contributed by atoms with Gasteiger partial charge in [-0.05, 0) is 102 Å². The van der Waals surface area contributed by atoms with Crippen LogP contribution in [0.4, 0.5) is 0 Å². The molecule has 9 rings (SSSR count).